The summed E-state index contributed by atoms with van der Waals surface area (Å²) in [6.07, 6.45) is 5.66. The molecule has 1 aliphatic heterocycles. The van der Waals surface area contributed by atoms with Crippen molar-refractivity contribution in [1.82, 2.24) is 15.5 Å². The molecule has 7 heteroatoms. The molecule has 2 N–H and O–H groups in total. The molecule has 0 spiro atoms. The number of carbonyl (C=O) groups is 2. The lowest BCUT2D eigenvalue weighted by Gasteiger charge is -2.32. The third-order valence-corrected chi connectivity index (χ3v) is 4.78. The lowest BCUT2D eigenvalue weighted by Crippen LogP contribution is -2.50. The number of piperidine rings is 1. The van der Waals surface area contributed by atoms with E-state index in [1.54, 1.807) is 11.2 Å². The number of nitrogens with one attached hydrogen (secondary N) is 2. The van der Waals surface area contributed by atoms with Crippen molar-refractivity contribution in [2.24, 2.45) is 0 Å². The number of carbonyl (C=O) groups excluding carboxylic acids is 2. The van der Waals surface area contributed by atoms with Gasteiger partial charge in [-0.25, -0.2) is 9.59 Å². The zero-order valence-corrected chi connectivity index (χ0v) is 14.9. The van der Waals surface area contributed by atoms with Gasteiger partial charge in [-0.15, -0.1) is 0 Å². The summed E-state index contributed by atoms with van der Waals surface area (Å²) in [6.45, 7) is 4.89. The minimum Gasteiger partial charge on any atom is -0.469 e. The Labute approximate surface area is 148 Å². The molecule has 1 fully saturated rings. The predicted molar refractivity (Wildman–Crippen MR) is 92.3 cm³/mol. The van der Waals surface area contributed by atoms with Crippen molar-refractivity contribution in [3.8, 4) is 0 Å². The normalized spacial score (nSPS) is 20.9. The molecule has 0 radical (unpaired) electrons. The first-order valence-corrected chi connectivity index (χ1v) is 9.11. The van der Waals surface area contributed by atoms with Gasteiger partial charge in [-0.3, -0.25) is 0 Å². The van der Waals surface area contributed by atoms with E-state index in [1.165, 1.54) is 0 Å². The number of urea groups is 1. The van der Waals surface area contributed by atoms with Crippen molar-refractivity contribution >= 4 is 12.1 Å². The van der Waals surface area contributed by atoms with Crippen LogP contribution < -0.4 is 10.6 Å². The minimum atomic E-state index is -0.271. The first-order valence-electron chi connectivity index (χ1n) is 9.11. The Hall–Kier alpha value is -2.18. The fourth-order valence-corrected chi connectivity index (χ4v) is 3.50. The van der Waals surface area contributed by atoms with E-state index in [-0.39, 0.29) is 30.3 Å². The largest absolute Gasteiger partial charge is 0.469 e. The molecule has 1 aliphatic carbocycles. The van der Waals surface area contributed by atoms with Crippen LogP contribution in [-0.4, -0.2) is 42.3 Å². The van der Waals surface area contributed by atoms with E-state index in [0.29, 0.717) is 13.1 Å². The number of ether oxygens (including phenoxy) is 1. The molecule has 138 valence electrons. The Morgan fingerprint density at radius 1 is 1.24 bits per heavy atom. The Bertz CT molecular complexity index is 605. The quantitative estimate of drug-likeness (QED) is 0.879. The standard InChI is InChI=1S/C18H27N3O4/c1-12(2)25-18(23)21-9-6-13(7-10-21)19-17(22)20-15-4-3-5-16-14(15)8-11-24-16/h8,11-13,15H,3-7,9-10H2,1-2H3,(H2,19,20,22)/t15-/m1/s1. The van der Waals surface area contributed by atoms with Crippen LogP contribution in [0.3, 0.4) is 0 Å². The number of fused-ring (bicyclic) bond motifs is 1. The van der Waals surface area contributed by atoms with Gasteiger partial charge < -0.3 is 24.7 Å². The van der Waals surface area contributed by atoms with E-state index in [2.05, 4.69) is 10.6 Å². The van der Waals surface area contributed by atoms with Gasteiger partial charge in [-0.1, -0.05) is 0 Å². The van der Waals surface area contributed by atoms with Gasteiger partial charge in [-0.05, 0) is 45.6 Å². The first-order chi connectivity index (χ1) is 12.0. The first kappa shape index (κ1) is 17.6. The van der Waals surface area contributed by atoms with E-state index in [4.69, 9.17) is 9.15 Å². The van der Waals surface area contributed by atoms with E-state index < -0.39 is 0 Å². The van der Waals surface area contributed by atoms with Gasteiger partial charge in [0.05, 0.1) is 18.4 Å². The SMILES string of the molecule is CC(C)OC(=O)N1CCC(NC(=O)N[C@@H]2CCCc3occc32)CC1. The summed E-state index contributed by atoms with van der Waals surface area (Å²) in [5, 5.41) is 6.08. The molecule has 1 saturated heterocycles. The molecular formula is C18H27N3O4. The maximum Gasteiger partial charge on any atom is 0.410 e. The molecule has 0 aromatic carbocycles. The van der Waals surface area contributed by atoms with Crippen LogP contribution in [0.25, 0.3) is 0 Å². The van der Waals surface area contributed by atoms with Crippen LogP contribution >= 0.6 is 0 Å². The molecule has 0 bridgehead atoms. The molecule has 2 heterocycles. The van der Waals surface area contributed by atoms with Crippen molar-refractivity contribution < 1.29 is 18.7 Å². The Morgan fingerprint density at radius 3 is 2.72 bits per heavy atom. The lowest BCUT2D eigenvalue weighted by molar-refractivity contribution is 0.0683. The number of nitrogens with zero attached hydrogens (tertiary/aromatic N) is 1. The second kappa shape index (κ2) is 7.80. The summed E-state index contributed by atoms with van der Waals surface area (Å²) in [5.41, 5.74) is 1.09. The fourth-order valence-electron chi connectivity index (χ4n) is 3.50. The summed E-state index contributed by atoms with van der Waals surface area (Å²) in [6, 6.07) is 1.89. The van der Waals surface area contributed by atoms with E-state index in [1.807, 2.05) is 19.9 Å². The monoisotopic (exact) mass is 349 g/mol. The van der Waals surface area contributed by atoms with Crippen molar-refractivity contribution in [3.63, 3.8) is 0 Å². The van der Waals surface area contributed by atoms with E-state index >= 15 is 0 Å². The van der Waals surface area contributed by atoms with Crippen LogP contribution in [0.2, 0.25) is 0 Å². The maximum atomic E-state index is 12.3. The molecule has 1 aromatic rings. The molecule has 1 aromatic heterocycles. The maximum absolute atomic E-state index is 12.3. The smallest absolute Gasteiger partial charge is 0.410 e. The number of amides is 3. The molecule has 25 heavy (non-hydrogen) atoms. The summed E-state index contributed by atoms with van der Waals surface area (Å²) in [4.78, 5) is 25.9. The van der Waals surface area contributed by atoms with Crippen LogP contribution in [0, 0.1) is 0 Å². The number of hydrogen-bond donors (Lipinski definition) is 2. The van der Waals surface area contributed by atoms with Crippen LogP contribution in [0.15, 0.2) is 16.7 Å². The van der Waals surface area contributed by atoms with Gasteiger partial charge in [0, 0.05) is 31.1 Å². The molecule has 1 atom stereocenters. The Morgan fingerprint density at radius 2 is 2.00 bits per heavy atom. The Kier molecular flexibility index (Phi) is 5.50. The van der Waals surface area contributed by atoms with Crippen molar-refractivity contribution in [1.29, 1.82) is 0 Å². The molecule has 3 amide bonds. The minimum absolute atomic E-state index is 0.0172. The third kappa shape index (κ3) is 4.46. The number of rotatable bonds is 3. The van der Waals surface area contributed by atoms with E-state index in [9.17, 15) is 9.59 Å². The highest BCUT2D eigenvalue weighted by molar-refractivity contribution is 5.75. The zero-order valence-electron chi connectivity index (χ0n) is 14.9. The van der Waals surface area contributed by atoms with Gasteiger partial charge in [0.1, 0.15) is 5.76 Å². The number of hydrogen-bond acceptors (Lipinski definition) is 4. The van der Waals surface area contributed by atoms with Gasteiger partial charge in [0.25, 0.3) is 0 Å². The highest BCUT2D eigenvalue weighted by atomic mass is 16.6. The van der Waals surface area contributed by atoms with E-state index in [0.717, 1.165) is 43.4 Å². The van der Waals surface area contributed by atoms with Crippen LogP contribution in [0.1, 0.15) is 56.9 Å². The van der Waals surface area contributed by atoms with Gasteiger partial charge in [0.2, 0.25) is 0 Å². The third-order valence-electron chi connectivity index (χ3n) is 4.78. The molecule has 0 unspecified atom stereocenters. The van der Waals surface area contributed by atoms with Crippen LogP contribution in [0.5, 0.6) is 0 Å². The summed E-state index contributed by atoms with van der Waals surface area (Å²) in [7, 11) is 0. The predicted octanol–water partition coefficient (Wildman–Crippen LogP) is 2.97. The topological polar surface area (TPSA) is 83.8 Å². The van der Waals surface area contributed by atoms with Crippen molar-refractivity contribution in [2.75, 3.05) is 13.1 Å². The van der Waals surface area contributed by atoms with Gasteiger partial charge >= 0.3 is 12.1 Å². The van der Waals surface area contributed by atoms with Crippen molar-refractivity contribution in [2.45, 2.75) is 64.1 Å². The van der Waals surface area contributed by atoms with Gasteiger partial charge in [-0.2, -0.15) is 0 Å². The fraction of sp³-hybridized carbons (Fsp3) is 0.667. The highest BCUT2D eigenvalue weighted by Crippen LogP contribution is 2.30. The molecule has 7 nitrogen and oxygen atoms in total. The molecule has 0 saturated carbocycles. The lowest BCUT2D eigenvalue weighted by atomic mass is 9.93. The molecule has 2 aliphatic rings. The highest BCUT2D eigenvalue weighted by Gasteiger charge is 2.27. The van der Waals surface area contributed by atoms with Crippen LogP contribution in [-0.2, 0) is 11.2 Å². The van der Waals surface area contributed by atoms with Gasteiger partial charge in [0.15, 0.2) is 0 Å². The summed E-state index contributed by atoms with van der Waals surface area (Å²) < 4.78 is 10.7. The average Bonchev–Trinajstić information content (AvgIpc) is 3.04. The number of aryl methyl sites for hydroxylation is 1. The van der Waals surface area contributed by atoms with Crippen molar-refractivity contribution in [3.05, 3.63) is 23.7 Å². The summed E-state index contributed by atoms with van der Waals surface area (Å²) >= 11 is 0. The second-order valence-electron chi connectivity index (χ2n) is 7.06. The zero-order chi connectivity index (χ0) is 17.8. The number of likely N-dealkylation sites (tertiary alicyclic amines) is 1. The van der Waals surface area contributed by atoms with Crippen LogP contribution in [0.4, 0.5) is 9.59 Å². The summed E-state index contributed by atoms with van der Waals surface area (Å²) in [5.74, 6) is 0.980. The molecule has 3 rings (SSSR count). The number of furan rings is 1. The Balaban J connectivity index is 1.44. The molecular weight excluding hydrogens is 322 g/mol. The average molecular weight is 349 g/mol. The second-order valence-corrected chi connectivity index (χ2v) is 7.06.